The minimum Gasteiger partial charge on any atom is -0.478 e. The third-order valence-electron chi connectivity index (χ3n) is 4.84. The van der Waals surface area contributed by atoms with Crippen molar-refractivity contribution in [1.29, 1.82) is 0 Å². The van der Waals surface area contributed by atoms with E-state index in [9.17, 15) is 4.79 Å². The quantitative estimate of drug-likeness (QED) is 0.228. The number of carbonyl (C=O) groups is 1. The maximum atomic E-state index is 10.9. The van der Waals surface area contributed by atoms with Crippen LogP contribution in [0, 0.1) is 5.92 Å². The third kappa shape index (κ3) is 14.5. The molecule has 0 bridgehead atoms. The maximum absolute atomic E-state index is 10.9. The van der Waals surface area contributed by atoms with Gasteiger partial charge in [0.15, 0.2) is 0 Å². The van der Waals surface area contributed by atoms with Gasteiger partial charge in [-0.25, -0.2) is 4.79 Å². The van der Waals surface area contributed by atoms with Gasteiger partial charge in [0.2, 0.25) is 0 Å². The van der Waals surface area contributed by atoms with Crippen LogP contribution in [0.2, 0.25) is 0 Å². The first-order valence-corrected chi connectivity index (χ1v) is 10.0. The van der Waals surface area contributed by atoms with Crippen LogP contribution >= 0.6 is 0 Å². The van der Waals surface area contributed by atoms with Gasteiger partial charge in [-0.3, -0.25) is 0 Å². The smallest absolute Gasteiger partial charge is 0.330 e. The molecule has 1 N–H and O–H groups in total. The Morgan fingerprint density at radius 3 is 1.70 bits per heavy atom. The summed E-state index contributed by atoms with van der Waals surface area (Å²) in [4.78, 5) is 10.9. The van der Waals surface area contributed by atoms with Gasteiger partial charge in [0.1, 0.15) is 0 Å². The molecule has 2 nitrogen and oxygen atoms in total. The van der Waals surface area contributed by atoms with Crippen LogP contribution in [-0.4, -0.2) is 11.1 Å². The zero-order chi connectivity index (χ0) is 17.3. The molecule has 0 spiro atoms. The fraction of sp³-hybridized carbons (Fsp3) is 0.857. The molecule has 1 atom stereocenters. The molecule has 0 rings (SSSR count). The van der Waals surface area contributed by atoms with Gasteiger partial charge in [-0.1, -0.05) is 104 Å². The molecule has 0 aliphatic carbocycles. The molecular formula is C21H40O2. The van der Waals surface area contributed by atoms with E-state index < -0.39 is 5.97 Å². The highest BCUT2D eigenvalue weighted by Crippen LogP contribution is 2.24. The van der Waals surface area contributed by atoms with Crippen LogP contribution in [0.3, 0.4) is 0 Å². The van der Waals surface area contributed by atoms with Crippen molar-refractivity contribution in [2.75, 3.05) is 0 Å². The van der Waals surface area contributed by atoms with Crippen molar-refractivity contribution in [1.82, 2.24) is 0 Å². The van der Waals surface area contributed by atoms with Gasteiger partial charge in [-0.2, -0.15) is 0 Å². The molecule has 0 aromatic rings. The average molecular weight is 325 g/mol. The topological polar surface area (TPSA) is 37.3 Å². The summed E-state index contributed by atoms with van der Waals surface area (Å²) in [5, 5.41) is 8.96. The fourth-order valence-electron chi connectivity index (χ4n) is 3.17. The van der Waals surface area contributed by atoms with Crippen molar-refractivity contribution in [3.63, 3.8) is 0 Å². The molecule has 0 aromatic carbocycles. The van der Waals surface area contributed by atoms with Crippen molar-refractivity contribution in [2.24, 2.45) is 5.92 Å². The van der Waals surface area contributed by atoms with E-state index in [4.69, 9.17) is 5.11 Å². The van der Waals surface area contributed by atoms with E-state index in [0.29, 0.717) is 17.9 Å². The molecule has 0 aromatic heterocycles. The van der Waals surface area contributed by atoms with Gasteiger partial charge in [0.25, 0.3) is 0 Å². The standard InChI is InChI=1S/C21H40O2/c1-4-6-8-10-11-12-14-16-20(15-13-9-7-5-2)18-17-19(3)21(22)23/h20H,3-18H2,1-2H3,(H,22,23). The van der Waals surface area contributed by atoms with Gasteiger partial charge in [0, 0.05) is 5.57 Å². The zero-order valence-electron chi connectivity index (χ0n) is 15.7. The van der Waals surface area contributed by atoms with Crippen LogP contribution < -0.4 is 0 Å². The van der Waals surface area contributed by atoms with Gasteiger partial charge in [0.05, 0.1) is 0 Å². The number of carboxylic acid groups (broad SMARTS) is 1. The van der Waals surface area contributed by atoms with Crippen LogP contribution in [-0.2, 0) is 4.79 Å². The summed E-state index contributed by atoms with van der Waals surface area (Å²) in [5.41, 5.74) is 0.378. The molecule has 0 aliphatic heterocycles. The Balaban J connectivity index is 3.91. The first kappa shape index (κ1) is 22.2. The summed E-state index contributed by atoms with van der Waals surface area (Å²) in [6.45, 7) is 8.18. The Bertz CT molecular complexity index is 296. The van der Waals surface area contributed by atoms with Crippen molar-refractivity contribution in [2.45, 2.75) is 110 Å². The van der Waals surface area contributed by atoms with Crippen LogP contribution in [0.25, 0.3) is 0 Å². The molecule has 1 unspecified atom stereocenters. The van der Waals surface area contributed by atoms with E-state index in [-0.39, 0.29) is 0 Å². The Hall–Kier alpha value is -0.790. The SMILES string of the molecule is C=C(CCC(CCCCCC)CCCCCCCCC)C(=O)O. The average Bonchev–Trinajstić information content (AvgIpc) is 2.54. The predicted molar refractivity (Wildman–Crippen MR) is 101 cm³/mol. The molecule has 136 valence electrons. The molecule has 0 saturated heterocycles. The van der Waals surface area contributed by atoms with Gasteiger partial charge in [-0.05, 0) is 18.8 Å². The number of hydrogen-bond donors (Lipinski definition) is 1. The molecule has 0 fully saturated rings. The molecule has 2 heteroatoms. The summed E-state index contributed by atoms with van der Waals surface area (Å²) in [5.74, 6) is -0.135. The second kappa shape index (κ2) is 16.1. The molecule has 23 heavy (non-hydrogen) atoms. The zero-order valence-corrected chi connectivity index (χ0v) is 15.7. The van der Waals surface area contributed by atoms with E-state index in [1.54, 1.807) is 0 Å². The summed E-state index contributed by atoms with van der Waals surface area (Å²) in [6, 6.07) is 0. The number of hydrogen-bond acceptors (Lipinski definition) is 1. The first-order valence-electron chi connectivity index (χ1n) is 10.0. The van der Waals surface area contributed by atoms with E-state index in [0.717, 1.165) is 6.42 Å². The molecule has 0 radical (unpaired) electrons. The lowest BCUT2D eigenvalue weighted by atomic mass is 9.89. The van der Waals surface area contributed by atoms with Crippen molar-refractivity contribution in [3.8, 4) is 0 Å². The monoisotopic (exact) mass is 324 g/mol. The molecule has 0 aliphatic rings. The third-order valence-corrected chi connectivity index (χ3v) is 4.84. The van der Waals surface area contributed by atoms with Gasteiger partial charge >= 0.3 is 5.97 Å². The van der Waals surface area contributed by atoms with Crippen LogP contribution in [0.1, 0.15) is 110 Å². The van der Waals surface area contributed by atoms with Crippen molar-refractivity contribution in [3.05, 3.63) is 12.2 Å². The minimum absolute atomic E-state index is 0.378. The van der Waals surface area contributed by atoms with Gasteiger partial charge in [-0.15, -0.1) is 0 Å². The summed E-state index contributed by atoms with van der Waals surface area (Å²) >= 11 is 0. The molecule has 0 saturated carbocycles. The van der Waals surface area contributed by atoms with E-state index in [2.05, 4.69) is 20.4 Å². The fourth-order valence-corrected chi connectivity index (χ4v) is 3.17. The van der Waals surface area contributed by atoms with E-state index in [1.807, 2.05) is 0 Å². The summed E-state index contributed by atoms with van der Waals surface area (Å²) in [6.07, 6.45) is 18.9. The molecule has 0 amide bonds. The lowest BCUT2D eigenvalue weighted by Gasteiger charge is -2.17. The van der Waals surface area contributed by atoms with E-state index in [1.165, 1.54) is 83.5 Å². The number of aliphatic carboxylic acids is 1. The molecular weight excluding hydrogens is 284 g/mol. The predicted octanol–water partition coefficient (Wildman–Crippen LogP) is 7.13. The molecule has 0 heterocycles. The maximum Gasteiger partial charge on any atom is 0.330 e. The van der Waals surface area contributed by atoms with Crippen molar-refractivity contribution < 1.29 is 9.90 Å². The lowest BCUT2D eigenvalue weighted by Crippen LogP contribution is -2.05. The first-order chi connectivity index (χ1) is 11.1. The Labute approximate surface area is 144 Å². The highest BCUT2D eigenvalue weighted by molar-refractivity contribution is 5.85. The number of unbranched alkanes of at least 4 members (excludes halogenated alkanes) is 9. The highest BCUT2D eigenvalue weighted by Gasteiger charge is 2.11. The Morgan fingerprint density at radius 1 is 0.783 bits per heavy atom. The largest absolute Gasteiger partial charge is 0.478 e. The number of carboxylic acids is 1. The Morgan fingerprint density at radius 2 is 1.22 bits per heavy atom. The second-order valence-electron chi connectivity index (χ2n) is 7.07. The van der Waals surface area contributed by atoms with Crippen LogP contribution in [0.4, 0.5) is 0 Å². The van der Waals surface area contributed by atoms with Gasteiger partial charge < -0.3 is 5.11 Å². The van der Waals surface area contributed by atoms with E-state index >= 15 is 0 Å². The van der Waals surface area contributed by atoms with Crippen molar-refractivity contribution >= 4 is 5.97 Å². The highest BCUT2D eigenvalue weighted by atomic mass is 16.4. The summed E-state index contributed by atoms with van der Waals surface area (Å²) in [7, 11) is 0. The number of rotatable bonds is 17. The van der Waals surface area contributed by atoms with Crippen LogP contribution in [0.15, 0.2) is 12.2 Å². The Kier molecular flexibility index (Phi) is 15.5. The minimum atomic E-state index is -0.828. The normalized spacial score (nSPS) is 12.3. The second-order valence-corrected chi connectivity index (χ2v) is 7.07. The van der Waals surface area contributed by atoms with Crippen LogP contribution in [0.5, 0.6) is 0 Å². The summed E-state index contributed by atoms with van der Waals surface area (Å²) < 4.78 is 0. The lowest BCUT2D eigenvalue weighted by molar-refractivity contribution is -0.132.